The van der Waals surface area contributed by atoms with E-state index in [1.807, 2.05) is 29.9 Å². The molecule has 0 spiro atoms. The number of rotatable bonds is 3. The zero-order chi connectivity index (χ0) is 20.9. The predicted molar refractivity (Wildman–Crippen MR) is 106 cm³/mol. The molecule has 0 bridgehead atoms. The third-order valence-corrected chi connectivity index (χ3v) is 5.29. The number of carbonyl (C=O) groups excluding carboxylic acids is 1. The van der Waals surface area contributed by atoms with Crippen LogP contribution in [-0.2, 0) is 7.05 Å². The van der Waals surface area contributed by atoms with Crippen molar-refractivity contribution in [2.75, 3.05) is 7.05 Å². The molecule has 0 aliphatic carbocycles. The molecule has 0 saturated heterocycles. The molecule has 0 radical (unpaired) electrons. The highest BCUT2D eigenvalue weighted by molar-refractivity contribution is 5.98. The molecule has 0 aliphatic rings. The van der Waals surface area contributed by atoms with E-state index >= 15 is 0 Å². The summed E-state index contributed by atoms with van der Waals surface area (Å²) in [6.45, 7) is 1.71. The summed E-state index contributed by atoms with van der Waals surface area (Å²) in [7, 11) is 3.49. The zero-order valence-corrected chi connectivity index (χ0v) is 16.0. The summed E-state index contributed by atoms with van der Waals surface area (Å²) >= 11 is 0. The molecule has 2 aromatic heterocycles. The number of aromatic nitrogens is 3. The average Bonchev–Trinajstić information content (AvgIpc) is 3.08. The van der Waals surface area contributed by atoms with Crippen LogP contribution in [0.4, 0.5) is 8.78 Å². The van der Waals surface area contributed by atoms with Gasteiger partial charge in [0.2, 0.25) is 0 Å². The Bertz CT molecular complexity index is 1330. The number of aryl methyl sites for hydroxylation is 1. The minimum absolute atomic E-state index is 0.0215. The Morgan fingerprint density at radius 2 is 1.83 bits per heavy atom. The summed E-state index contributed by atoms with van der Waals surface area (Å²) < 4.78 is 29.3. The third kappa shape index (κ3) is 3.06. The average molecular weight is 396 g/mol. The molecular weight excluding hydrogens is 378 g/mol. The van der Waals surface area contributed by atoms with Crippen LogP contribution in [0.25, 0.3) is 21.7 Å². The summed E-state index contributed by atoms with van der Waals surface area (Å²) in [6, 6.07) is 8.54. The van der Waals surface area contributed by atoms with Gasteiger partial charge in [-0.25, -0.2) is 13.9 Å². The number of benzene rings is 2. The first kappa shape index (κ1) is 18.8. The molecule has 4 rings (SSSR count). The molecule has 8 heteroatoms. The Balaban J connectivity index is 1.75. The SMILES string of the molecule is C[C@@H](c1n[nH]c(=O)c2cc(F)c(F)cc12)N(C)C(=O)c1ccc2ccn(C)c2c1. The molecule has 29 heavy (non-hydrogen) atoms. The number of carbonyl (C=O) groups is 1. The van der Waals surface area contributed by atoms with Gasteiger partial charge in [0.1, 0.15) is 0 Å². The van der Waals surface area contributed by atoms with Crippen molar-refractivity contribution in [1.29, 1.82) is 0 Å². The quantitative estimate of drug-likeness (QED) is 0.576. The van der Waals surface area contributed by atoms with Gasteiger partial charge in [0.15, 0.2) is 11.6 Å². The number of halogens is 2. The van der Waals surface area contributed by atoms with Gasteiger partial charge in [-0.05, 0) is 42.6 Å². The number of fused-ring (bicyclic) bond motifs is 2. The zero-order valence-electron chi connectivity index (χ0n) is 16.0. The van der Waals surface area contributed by atoms with E-state index in [2.05, 4.69) is 10.2 Å². The van der Waals surface area contributed by atoms with Crippen molar-refractivity contribution in [2.45, 2.75) is 13.0 Å². The lowest BCUT2D eigenvalue weighted by Gasteiger charge is -2.25. The lowest BCUT2D eigenvalue weighted by atomic mass is 10.0. The molecule has 1 atom stereocenters. The lowest BCUT2D eigenvalue weighted by Crippen LogP contribution is -2.31. The standard InChI is InChI=1S/C21H18F2N4O2/c1-11(19-14-9-16(22)17(23)10-15(14)20(28)25-24-19)27(3)21(29)13-5-4-12-6-7-26(2)18(12)8-13/h4-11H,1-3H3,(H,25,28)/t11-/m0/s1. The van der Waals surface area contributed by atoms with E-state index in [0.717, 1.165) is 23.0 Å². The van der Waals surface area contributed by atoms with Crippen LogP contribution in [0.2, 0.25) is 0 Å². The number of nitrogens with one attached hydrogen (secondary N) is 1. The minimum atomic E-state index is -1.12. The van der Waals surface area contributed by atoms with Gasteiger partial charge >= 0.3 is 0 Å². The van der Waals surface area contributed by atoms with Crippen LogP contribution in [0, 0.1) is 11.6 Å². The first-order valence-electron chi connectivity index (χ1n) is 8.97. The molecule has 1 N–H and O–H groups in total. The van der Waals surface area contributed by atoms with Gasteiger partial charge in [0.05, 0.1) is 17.1 Å². The molecule has 2 aromatic carbocycles. The van der Waals surface area contributed by atoms with Crippen molar-refractivity contribution in [3.05, 3.63) is 75.8 Å². The summed E-state index contributed by atoms with van der Waals surface area (Å²) in [5.74, 6) is -2.46. The molecule has 0 unspecified atom stereocenters. The van der Waals surface area contributed by atoms with Crippen LogP contribution in [0.5, 0.6) is 0 Å². The largest absolute Gasteiger partial charge is 0.351 e. The van der Waals surface area contributed by atoms with E-state index in [1.54, 1.807) is 26.1 Å². The normalized spacial score (nSPS) is 12.4. The van der Waals surface area contributed by atoms with Gasteiger partial charge < -0.3 is 9.47 Å². The van der Waals surface area contributed by atoms with Crippen LogP contribution in [0.15, 0.2) is 47.4 Å². The van der Waals surface area contributed by atoms with Crippen LogP contribution in [0.1, 0.15) is 29.0 Å². The van der Waals surface area contributed by atoms with Gasteiger partial charge in [-0.2, -0.15) is 5.10 Å². The molecule has 0 aliphatic heterocycles. The molecule has 2 heterocycles. The highest BCUT2D eigenvalue weighted by atomic mass is 19.2. The molecular formula is C21H18F2N4O2. The second-order valence-electron chi connectivity index (χ2n) is 7.04. The monoisotopic (exact) mass is 396 g/mol. The Morgan fingerprint density at radius 3 is 2.55 bits per heavy atom. The second kappa shape index (κ2) is 6.80. The summed E-state index contributed by atoms with van der Waals surface area (Å²) in [5.41, 5.74) is 1.05. The maximum Gasteiger partial charge on any atom is 0.272 e. The lowest BCUT2D eigenvalue weighted by molar-refractivity contribution is 0.0740. The fourth-order valence-corrected chi connectivity index (χ4v) is 3.45. The van der Waals surface area contributed by atoms with E-state index in [1.165, 1.54) is 4.90 Å². The minimum Gasteiger partial charge on any atom is -0.351 e. The predicted octanol–water partition coefficient (Wildman–Crippen LogP) is 3.53. The molecule has 1 amide bonds. The van der Waals surface area contributed by atoms with Gasteiger partial charge in [0, 0.05) is 36.8 Å². The van der Waals surface area contributed by atoms with Crippen molar-refractivity contribution >= 4 is 27.6 Å². The van der Waals surface area contributed by atoms with Crippen molar-refractivity contribution in [2.24, 2.45) is 7.05 Å². The van der Waals surface area contributed by atoms with Crippen LogP contribution < -0.4 is 5.56 Å². The second-order valence-corrected chi connectivity index (χ2v) is 7.04. The fourth-order valence-electron chi connectivity index (χ4n) is 3.45. The summed E-state index contributed by atoms with van der Waals surface area (Å²) in [5, 5.41) is 7.46. The van der Waals surface area contributed by atoms with E-state index < -0.39 is 23.2 Å². The number of hydrogen-bond acceptors (Lipinski definition) is 3. The van der Waals surface area contributed by atoms with Crippen LogP contribution >= 0.6 is 0 Å². The van der Waals surface area contributed by atoms with Crippen molar-refractivity contribution in [1.82, 2.24) is 19.7 Å². The van der Waals surface area contributed by atoms with Gasteiger partial charge in [0.25, 0.3) is 11.5 Å². The number of nitrogens with zero attached hydrogens (tertiary/aromatic N) is 3. The third-order valence-electron chi connectivity index (χ3n) is 5.29. The van der Waals surface area contributed by atoms with E-state index in [9.17, 15) is 18.4 Å². The Hall–Kier alpha value is -3.55. The van der Waals surface area contributed by atoms with E-state index in [0.29, 0.717) is 5.56 Å². The van der Waals surface area contributed by atoms with Crippen LogP contribution in [0.3, 0.4) is 0 Å². The van der Waals surface area contributed by atoms with Crippen molar-refractivity contribution < 1.29 is 13.6 Å². The molecule has 0 fully saturated rings. The van der Waals surface area contributed by atoms with E-state index in [-0.39, 0.29) is 22.4 Å². The fraction of sp³-hybridized carbons (Fsp3) is 0.190. The highest BCUT2D eigenvalue weighted by Crippen LogP contribution is 2.27. The smallest absolute Gasteiger partial charge is 0.272 e. The molecule has 0 saturated carbocycles. The Morgan fingerprint density at radius 1 is 1.14 bits per heavy atom. The molecule has 6 nitrogen and oxygen atoms in total. The summed E-state index contributed by atoms with van der Waals surface area (Å²) in [6.07, 6.45) is 1.91. The van der Waals surface area contributed by atoms with Crippen LogP contribution in [-0.4, -0.2) is 32.6 Å². The maximum atomic E-state index is 13.8. The van der Waals surface area contributed by atoms with Gasteiger partial charge in [-0.15, -0.1) is 0 Å². The Kier molecular flexibility index (Phi) is 4.41. The van der Waals surface area contributed by atoms with Crippen molar-refractivity contribution in [3.8, 4) is 0 Å². The van der Waals surface area contributed by atoms with E-state index in [4.69, 9.17) is 0 Å². The molecule has 148 valence electrons. The Labute approximate surface area is 164 Å². The highest BCUT2D eigenvalue weighted by Gasteiger charge is 2.24. The number of aromatic amines is 1. The van der Waals surface area contributed by atoms with Gasteiger partial charge in [-0.3, -0.25) is 9.59 Å². The summed E-state index contributed by atoms with van der Waals surface area (Å²) in [4.78, 5) is 26.5. The molecule has 4 aromatic rings. The number of hydrogen-bond donors (Lipinski definition) is 1. The topological polar surface area (TPSA) is 71.0 Å². The van der Waals surface area contributed by atoms with Gasteiger partial charge in [-0.1, -0.05) is 6.07 Å². The van der Waals surface area contributed by atoms with Crippen molar-refractivity contribution in [3.63, 3.8) is 0 Å². The maximum absolute atomic E-state index is 13.8. The first-order chi connectivity index (χ1) is 13.8. The number of amides is 1. The number of H-pyrrole nitrogens is 1. The first-order valence-corrected chi connectivity index (χ1v) is 8.97.